The fourth-order valence-corrected chi connectivity index (χ4v) is 4.16. The molecule has 0 bridgehead atoms. The van der Waals surface area contributed by atoms with Crippen molar-refractivity contribution in [2.45, 2.75) is 134 Å². The van der Waals surface area contributed by atoms with Gasteiger partial charge in [-0.2, -0.15) is 0 Å². The maximum Gasteiger partial charge on any atom is 0.480 e. The molecule has 49 heavy (non-hydrogen) atoms. The Kier molecular flexibility index (Phi) is 14.6. The van der Waals surface area contributed by atoms with E-state index in [9.17, 15) is 38.2 Å². The third kappa shape index (κ3) is 14.3. The molecule has 1 rings (SSSR count). The van der Waals surface area contributed by atoms with E-state index in [-0.39, 0.29) is 0 Å². The number of hydrogen-bond acceptors (Lipinski definition) is 16. The molecule has 1 N–H and O–H groups in total. The van der Waals surface area contributed by atoms with Gasteiger partial charge in [-0.05, 0) is 83.1 Å². The number of phosphoric ester groups is 1. The van der Waals surface area contributed by atoms with Crippen molar-refractivity contribution in [1.29, 1.82) is 0 Å². The number of carbonyl (C=O) groups is 6. The molecular formula is C31H51O17P. The van der Waals surface area contributed by atoms with E-state index in [1.807, 2.05) is 0 Å². The lowest BCUT2D eigenvalue weighted by Crippen LogP contribution is -2.64. The number of phosphoric acid groups is 1. The summed E-state index contributed by atoms with van der Waals surface area (Å²) < 4.78 is 61.2. The molecule has 0 aromatic rings. The summed E-state index contributed by atoms with van der Waals surface area (Å²) in [7, 11) is -5.54. The highest BCUT2D eigenvalue weighted by atomic mass is 31.2. The summed E-state index contributed by atoms with van der Waals surface area (Å²) in [5.74, 6) is -5.51. The van der Waals surface area contributed by atoms with Crippen LogP contribution in [0.3, 0.4) is 0 Å². The lowest BCUT2D eigenvalue weighted by Gasteiger charge is -2.45. The molecule has 1 heterocycles. The van der Waals surface area contributed by atoms with E-state index in [1.165, 1.54) is 62.3 Å². The number of hydrogen-bond donors (Lipinski definition) is 1. The Bertz CT molecular complexity index is 1260. The van der Waals surface area contributed by atoms with Gasteiger partial charge >= 0.3 is 50.1 Å². The fraction of sp³-hybridized carbons (Fsp3) is 0.806. The van der Waals surface area contributed by atoms with Crippen molar-refractivity contribution >= 4 is 43.6 Å². The first kappa shape index (κ1) is 43.9. The average molecular weight is 727 g/mol. The van der Waals surface area contributed by atoms with E-state index in [2.05, 4.69) is 9.47 Å². The van der Waals surface area contributed by atoms with Crippen LogP contribution in [0.2, 0.25) is 0 Å². The van der Waals surface area contributed by atoms with Crippen LogP contribution in [-0.4, -0.2) is 84.5 Å². The third-order valence-electron chi connectivity index (χ3n) is 6.13. The Hall–Kier alpha value is -3.11. The highest BCUT2D eigenvalue weighted by Crippen LogP contribution is 2.49. The number of rotatable bonds is 11. The minimum absolute atomic E-state index is 0.679. The van der Waals surface area contributed by atoms with Gasteiger partial charge in [0.15, 0.2) is 18.3 Å². The summed E-state index contributed by atoms with van der Waals surface area (Å²) >= 11 is 0. The summed E-state index contributed by atoms with van der Waals surface area (Å²) in [6.07, 6.45) is -9.17. The standard InChI is InChI=1S/C31H51O17P/c1-16(32)41-27(42-17(2)33)48-49(38,39)47-22-21(46-26(37)31(12,13)14)20(45-25(36)30(9,10)11)19(44-24(35)29(6,7)8)18(43-22)15-40-23(34)28(3,4)5/h18-22,27H,15H2,1-14H3,(H,38,39)/t18-,19-,20+,21+,22-/m1/s1. The van der Waals surface area contributed by atoms with Gasteiger partial charge in [0.05, 0.1) is 21.7 Å². The van der Waals surface area contributed by atoms with Gasteiger partial charge in [-0.15, -0.1) is 0 Å². The molecule has 0 saturated carbocycles. The predicted molar refractivity (Wildman–Crippen MR) is 166 cm³/mol. The van der Waals surface area contributed by atoms with E-state index in [0.717, 1.165) is 13.8 Å². The quantitative estimate of drug-likeness (QED) is 0.139. The van der Waals surface area contributed by atoms with Gasteiger partial charge in [-0.25, -0.2) is 9.09 Å². The molecule has 0 radical (unpaired) electrons. The van der Waals surface area contributed by atoms with Crippen molar-refractivity contribution in [3.63, 3.8) is 0 Å². The lowest BCUT2D eigenvalue weighted by atomic mass is 9.93. The van der Waals surface area contributed by atoms with Crippen LogP contribution in [0.1, 0.15) is 96.9 Å². The maximum atomic E-state index is 13.3. The number of esters is 6. The fourth-order valence-electron chi connectivity index (χ4n) is 3.38. The smallest absolute Gasteiger partial charge is 0.462 e. The van der Waals surface area contributed by atoms with E-state index in [1.54, 1.807) is 20.8 Å². The molecular weight excluding hydrogens is 675 g/mol. The second-order valence-electron chi connectivity index (χ2n) is 15.4. The molecule has 1 aliphatic heterocycles. The van der Waals surface area contributed by atoms with Gasteiger partial charge in [0.1, 0.15) is 12.7 Å². The van der Waals surface area contributed by atoms with Gasteiger partial charge in [-0.1, -0.05) is 0 Å². The van der Waals surface area contributed by atoms with Crippen LogP contribution < -0.4 is 0 Å². The van der Waals surface area contributed by atoms with Crippen LogP contribution in [0.5, 0.6) is 0 Å². The topological polar surface area (TPSA) is 223 Å². The normalized spacial score (nSPS) is 23.1. The zero-order valence-electron chi connectivity index (χ0n) is 30.6. The van der Waals surface area contributed by atoms with Crippen LogP contribution in [0.25, 0.3) is 0 Å². The molecule has 1 saturated heterocycles. The molecule has 17 nitrogen and oxygen atoms in total. The molecule has 1 unspecified atom stereocenters. The van der Waals surface area contributed by atoms with E-state index < -0.39 is 109 Å². The van der Waals surface area contributed by atoms with Gasteiger partial charge in [0.2, 0.25) is 6.29 Å². The van der Waals surface area contributed by atoms with Crippen molar-refractivity contribution in [1.82, 2.24) is 0 Å². The van der Waals surface area contributed by atoms with Crippen molar-refractivity contribution in [3.8, 4) is 0 Å². The summed E-state index contributed by atoms with van der Waals surface area (Å²) in [6.45, 7) is 17.0. The summed E-state index contributed by atoms with van der Waals surface area (Å²) in [6, 6.07) is 0. The Morgan fingerprint density at radius 2 is 1.00 bits per heavy atom. The zero-order chi connectivity index (χ0) is 38.5. The van der Waals surface area contributed by atoms with Crippen LogP contribution in [-0.2, 0) is 75.5 Å². The van der Waals surface area contributed by atoms with Gasteiger partial charge in [0.25, 0.3) is 0 Å². The maximum absolute atomic E-state index is 13.3. The highest BCUT2D eigenvalue weighted by Gasteiger charge is 2.57. The van der Waals surface area contributed by atoms with Crippen LogP contribution in [0, 0.1) is 21.7 Å². The molecule has 18 heteroatoms. The third-order valence-corrected chi connectivity index (χ3v) is 7.04. The first-order chi connectivity index (χ1) is 21.8. The van der Waals surface area contributed by atoms with Crippen LogP contribution >= 0.6 is 7.82 Å². The molecule has 282 valence electrons. The predicted octanol–water partition coefficient (Wildman–Crippen LogP) is 3.72. The second-order valence-corrected chi connectivity index (χ2v) is 16.8. The molecule has 6 atom stereocenters. The largest absolute Gasteiger partial charge is 0.480 e. The van der Waals surface area contributed by atoms with E-state index in [0.29, 0.717) is 0 Å². The van der Waals surface area contributed by atoms with Crippen molar-refractivity contribution < 1.29 is 80.4 Å². The molecule has 0 amide bonds. The lowest BCUT2D eigenvalue weighted by molar-refractivity contribution is -0.299. The first-order valence-electron chi connectivity index (χ1n) is 15.3. The monoisotopic (exact) mass is 726 g/mol. The Labute approximate surface area is 286 Å². The molecule has 0 spiro atoms. The van der Waals surface area contributed by atoms with E-state index >= 15 is 0 Å². The molecule has 1 fully saturated rings. The highest BCUT2D eigenvalue weighted by molar-refractivity contribution is 7.47. The van der Waals surface area contributed by atoms with Gasteiger partial charge in [0, 0.05) is 13.8 Å². The van der Waals surface area contributed by atoms with Crippen molar-refractivity contribution in [2.75, 3.05) is 6.61 Å². The molecule has 0 aromatic heterocycles. The molecule has 1 aliphatic rings. The Balaban J connectivity index is 3.91. The van der Waals surface area contributed by atoms with Crippen molar-refractivity contribution in [3.05, 3.63) is 0 Å². The second kappa shape index (κ2) is 16.3. The number of ether oxygens (including phenoxy) is 7. The number of carbonyl (C=O) groups excluding carboxylic acids is 6. The van der Waals surface area contributed by atoms with Crippen LogP contribution in [0.4, 0.5) is 0 Å². The molecule has 0 aromatic carbocycles. The molecule has 0 aliphatic carbocycles. The minimum atomic E-state index is -5.54. The Morgan fingerprint density at radius 3 is 1.37 bits per heavy atom. The summed E-state index contributed by atoms with van der Waals surface area (Å²) in [5.41, 5.74) is -4.54. The average Bonchev–Trinajstić information content (AvgIpc) is 2.86. The zero-order valence-corrected chi connectivity index (χ0v) is 31.5. The Morgan fingerprint density at radius 1 is 0.633 bits per heavy atom. The summed E-state index contributed by atoms with van der Waals surface area (Å²) in [4.78, 5) is 86.4. The SMILES string of the molecule is CC(=O)OC(OC(C)=O)OP(=O)(O)O[C@H]1O[C@H](COC(=O)C(C)(C)C)[C@@H](OC(=O)C(C)(C)C)[C@H](OC(=O)C(C)(C)C)[C@@H]1OC(=O)C(C)(C)C. The minimum Gasteiger partial charge on any atom is -0.462 e. The summed E-state index contributed by atoms with van der Waals surface area (Å²) in [5, 5.41) is 0. The first-order valence-corrected chi connectivity index (χ1v) is 16.8. The van der Waals surface area contributed by atoms with Crippen molar-refractivity contribution in [2.24, 2.45) is 21.7 Å². The van der Waals surface area contributed by atoms with Gasteiger partial charge in [-0.3, -0.25) is 33.3 Å². The van der Waals surface area contributed by atoms with E-state index in [4.69, 9.17) is 32.7 Å². The van der Waals surface area contributed by atoms with Gasteiger partial charge < -0.3 is 38.1 Å². The van der Waals surface area contributed by atoms with Crippen LogP contribution in [0.15, 0.2) is 0 Å².